The Balaban J connectivity index is 2.37. The number of benzene rings is 1. The Morgan fingerprint density at radius 2 is 2.00 bits per heavy atom. The van der Waals surface area contributed by atoms with Crippen LogP contribution in [0.1, 0.15) is 5.56 Å². The fourth-order valence-electron chi connectivity index (χ4n) is 1.54. The molecule has 1 aromatic carbocycles. The van der Waals surface area contributed by atoms with Crippen molar-refractivity contribution in [3.8, 4) is 0 Å². The van der Waals surface area contributed by atoms with E-state index in [4.69, 9.17) is 17.3 Å². The average molecular weight is 298 g/mol. The maximum absolute atomic E-state index is 12.2. The molecule has 0 amide bonds. The highest BCUT2D eigenvalue weighted by Crippen LogP contribution is 2.21. The maximum Gasteiger partial charge on any atom is 0.263 e. The van der Waals surface area contributed by atoms with Crippen molar-refractivity contribution in [3.63, 3.8) is 0 Å². The number of hydrogen-bond acceptors (Lipinski definition) is 4. The molecule has 0 atom stereocenters. The van der Waals surface area contributed by atoms with Crippen molar-refractivity contribution in [2.45, 2.75) is 11.8 Å². The summed E-state index contributed by atoms with van der Waals surface area (Å²) in [6.45, 7) is 1.70. The van der Waals surface area contributed by atoms with Gasteiger partial charge in [0.15, 0.2) is 0 Å². The number of anilines is 2. The fraction of sp³-hybridized carbons (Fsp3) is 0.0833. The zero-order valence-electron chi connectivity index (χ0n) is 10.1. The Bertz CT molecular complexity index is 699. The number of nitrogen functional groups attached to an aromatic ring is 1. The smallest absolute Gasteiger partial charge is 0.263 e. The van der Waals surface area contributed by atoms with Crippen LogP contribution < -0.4 is 10.5 Å². The molecule has 1 heterocycles. The molecule has 0 radical (unpaired) electrons. The van der Waals surface area contributed by atoms with Gasteiger partial charge in [0.25, 0.3) is 10.0 Å². The van der Waals surface area contributed by atoms with E-state index >= 15 is 0 Å². The number of hydrogen-bond donors (Lipinski definition) is 2. The van der Waals surface area contributed by atoms with Gasteiger partial charge in [0.1, 0.15) is 5.82 Å². The van der Waals surface area contributed by atoms with Gasteiger partial charge in [-0.25, -0.2) is 13.4 Å². The van der Waals surface area contributed by atoms with Crippen LogP contribution in [-0.2, 0) is 10.0 Å². The lowest BCUT2D eigenvalue weighted by molar-refractivity contribution is 0.600. The van der Waals surface area contributed by atoms with Crippen LogP contribution in [0, 0.1) is 6.92 Å². The molecule has 3 N–H and O–H groups in total. The normalized spacial score (nSPS) is 11.3. The summed E-state index contributed by atoms with van der Waals surface area (Å²) in [5, 5.41) is 0.433. The molecule has 0 spiro atoms. The van der Waals surface area contributed by atoms with Crippen LogP contribution in [0.2, 0.25) is 5.02 Å². The van der Waals surface area contributed by atoms with Gasteiger partial charge in [-0.1, -0.05) is 17.7 Å². The summed E-state index contributed by atoms with van der Waals surface area (Å²) in [6, 6.07) is 7.75. The minimum atomic E-state index is -3.71. The van der Waals surface area contributed by atoms with Gasteiger partial charge >= 0.3 is 0 Å². The summed E-state index contributed by atoms with van der Waals surface area (Å²) in [7, 11) is -3.71. The molecule has 0 unspecified atom stereocenters. The van der Waals surface area contributed by atoms with E-state index in [0.29, 0.717) is 16.3 Å². The van der Waals surface area contributed by atoms with E-state index in [9.17, 15) is 8.42 Å². The fourth-order valence-corrected chi connectivity index (χ4v) is 2.94. The average Bonchev–Trinajstić information content (AvgIpc) is 2.35. The second-order valence-electron chi connectivity index (χ2n) is 3.99. The Labute approximate surface area is 116 Å². The van der Waals surface area contributed by atoms with Crippen molar-refractivity contribution >= 4 is 33.1 Å². The monoisotopic (exact) mass is 297 g/mol. The highest BCUT2D eigenvalue weighted by molar-refractivity contribution is 7.92. The molecular weight excluding hydrogens is 286 g/mol. The Morgan fingerprint density at radius 3 is 2.63 bits per heavy atom. The number of pyridine rings is 1. The zero-order chi connectivity index (χ0) is 14.0. The molecule has 7 heteroatoms. The first-order valence-electron chi connectivity index (χ1n) is 5.39. The van der Waals surface area contributed by atoms with Crippen LogP contribution in [0.4, 0.5) is 11.5 Å². The lowest BCUT2D eigenvalue weighted by Crippen LogP contribution is -2.15. The molecule has 5 nitrogen and oxygen atoms in total. The molecule has 0 aliphatic rings. The third-order valence-corrected chi connectivity index (χ3v) is 4.19. The molecule has 0 saturated carbocycles. The SMILES string of the molecule is Cc1ccc(N)cc1S(=O)(=O)Nc1ccc(Cl)cn1. The summed E-state index contributed by atoms with van der Waals surface area (Å²) in [5.41, 5.74) is 6.60. The van der Waals surface area contributed by atoms with Crippen molar-refractivity contribution in [3.05, 3.63) is 47.1 Å². The number of rotatable bonds is 3. The minimum absolute atomic E-state index is 0.129. The summed E-state index contributed by atoms with van der Waals surface area (Å²) in [4.78, 5) is 4.02. The van der Waals surface area contributed by atoms with E-state index in [2.05, 4.69) is 9.71 Å². The Hall–Kier alpha value is -1.79. The summed E-state index contributed by atoms with van der Waals surface area (Å²) < 4.78 is 26.8. The van der Waals surface area contributed by atoms with E-state index in [0.717, 1.165) is 0 Å². The first kappa shape index (κ1) is 13.6. The Morgan fingerprint density at radius 1 is 1.26 bits per heavy atom. The first-order valence-corrected chi connectivity index (χ1v) is 7.25. The van der Waals surface area contributed by atoms with Gasteiger partial charge in [-0.15, -0.1) is 0 Å². The van der Waals surface area contributed by atoms with Crippen molar-refractivity contribution in [1.29, 1.82) is 0 Å². The lowest BCUT2D eigenvalue weighted by Gasteiger charge is -2.10. The van der Waals surface area contributed by atoms with Crippen LogP contribution in [0.15, 0.2) is 41.4 Å². The van der Waals surface area contributed by atoms with Crippen molar-refractivity contribution < 1.29 is 8.42 Å². The van der Waals surface area contributed by atoms with E-state index in [-0.39, 0.29) is 10.7 Å². The number of aryl methyl sites for hydroxylation is 1. The van der Waals surface area contributed by atoms with Crippen LogP contribution >= 0.6 is 11.6 Å². The maximum atomic E-state index is 12.2. The quantitative estimate of drug-likeness (QED) is 0.852. The van der Waals surface area contributed by atoms with Gasteiger partial charge in [-0.3, -0.25) is 4.72 Å². The molecular formula is C12H12ClN3O2S. The summed E-state index contributed by atoms with van der Waals surface area (Å²) >= 11 is 5.69. The standard InChI is InChI=1S/C12H12ClN3O2S/c1-8-2-4-10(14)6-11(8)19(17,18)16-12-5-3-9(13)7-15-12/h2-7H,14H2,1H3,(H,15,16). The third kappa shape index (κ3) is 3.15. The molecule has 1 aromatic heterocycles. The van der Waals surface area contributed by atoms with Crippen LogP contribution in [0.25, 0.3) is 0 Å². The number of halogens is 1. The Kier molecular flexibility index (Phi) is 3.64. The van der Waals surface area contributed by atoms with E-state index in [1.54, 1.807) is 25.1 Å². The molecule has 2 rings (SSSR count). The largest absolute Gasteiger partial charge is 0.399 e. The number of nitrogens with zero attached hydrogens (tertiary/aromatic N) is 1. The van der Waals surface area contributed by atoms with E-state index in [1.165, 1.54) is 18.3 Å². The van der Waals surface area contributed by atoms with Crippen molar-refractivity contribution in [2.75, 3.05) is 10.5 Å². The van der Waals surface area contributed by atoms with Crippen molar-refractivity contribution in [2.24, 2.45) is 0 Å². The van der Waals surface area contributed by atoms with Crippen LogP contribution in [0.3, 0.4) is 0 Å². The molecule has 0 bridgehead atoms. The zero-order valence-corrected chi connectivity index (χ0v) is 11.7. The van der Waals surface area contributed by atoms with Gasteiger partial charge in [0, 0.05) is 11.9 Å². The van der Waals surface area contributed by atoms with Gasteiger partial charge in [0.2, 0.25) is 0 Å². The highest BCUT2D eigenvalue weighted by Gasteiger charge is 2.17. The molecule has 0 aliphatic heterocycles. The molecule has 19 heavy (non-hydrogen) atoms. The molecule has 0 saturated heterocycles. The predicted molar refractivity (Wildman–Crippen MR) is 75.6 cm³/mol. The third-order valence-electron chi connectivity index (χ3n) is 2.47. The second-order valence-corrected chi connectivity index (χ2v) is 6.08. The van der Waals surface area contributed by atoms with Crippen molar-refractivity contribution in [1.82, 2.24) is 4.98 Å². The van der Waals surface area contributed by atoms with E-state index < -0.39 is 10.0 Å². The molecule has 0 fully saturated rings. The second kappa shape index (κ2) is 5.07. The molecule has 2 aromatic rings. The summed E-state index contributed by atoms with van der Waals surface area (Å²) in [5.74, 6) is 0.200. The summed E-state index contributed by atoms with van der Waals surface area (Å²) in [6.07, 6.45) is 1.37. The molecule has 0 aliphatic carbocycles. The van der Waals surface area contributed by atoms with Gasteiger partial charge in [-0.2, -0.15) is 0 Å². The number of nitrogens with two attached hydrogens (primary N) is 1. The number of nitrogens with one attached hydrogen (secondary N) is 1. The lowest BCUT2D eigenvalue weighted by atomic mass is 10.2. The number of aromatic nitrogens is 1. The number of sulfonamides is 1. The van der Waals surface area contributed by atoms with Gasteiger partial charge in [0.05, 0.1) is 9.92 Å². The minimum Gasteiger partial charge on any atom is -0.399 e. The molecule has 100 valence electrons. The van der Waals surface area contributed by atoms with Gasteiger partial charge < -0.3 is 5.73 Å². The first-order chi connectivity index (χ1) is 8.88. The van der Waals surface area contributed by atoms with Gasteiger partial charge in [-0.05, 0) is 36.8 Å². The van der Waals surface area contributed by atoms with Crippen LogP contribution in [-0.4, -0.2) is 13.4 Å². The van der Waals surface area contributed by atoms with Crippen LogP contribution in [0.5, 0.6) is 0 Å². The topological polar surface area (TPSA) is 85.1 Å². The highest BCUT2D eigenvalue weighted by atomic mass is 35.5. The predicted octanol–water partition coefficient (Wildman–Crippen LogP) is 2.43. The van der Waals surface area contributed by atoms with E-state index in [1.807, 2.05) is 0 Å².